The zero-order valence-electron chi connectivity index (χ0n) is 41.9. The van der Waals surface area contributed by atoms with Gasteiger partial charge < -0.3 is 35.4 Å². The van der Waals surface area contributed by atoms with E-state index in [-0.39, 0.29) is 105 Å². The summed E-state index contributed by atoms with van der Waals surface area (Å²) >= 11 is 13.7. The van der Waals surface area contributed by atoms with Gasteiger partial charge in [-0.05, 0) is 100 Å². The van der Waals surface area contributed by atoms with Crippen molar-refractivity contribution in [3.8, 4) is 22.6 Å². The van der Waals surface area contributed by atoms with Crippen molar-refractivity contribution < 1.29 is 46.9 Å². The Morgan fingerprint density at radius 3 is 2.32 bits per heavy atom. The molecule has 0 radical (unpaired) electrons. The fraction of sp³-hybridized carbons (Fsp3) is 0.473. The highest BCUT2D eigenvalue weighted by Gasteiger charge is 2.50. The summed E-state index contributed by atoms with van der Waals surface area (Å²) in [5.74, 6) is -3.47. The van der Waals surface area contributed by atoms with E-state index in [2.05, 4.69) is 20.6 Å². The quantitative estimate of drug-likeness (QED) is 0.0841. The molecule has 75 heavy (non-hydrogen) atoms. The topological polar surface area (TPSA) is 185 Å². The van der Waals surface area contributed by atoms with Gasteiger partial charge in [-0.15, -0.1) is 0 Å². The number of carbonyl (C=O) groups is 4. The lowest BCUT2D eigenvalue weighted by atomic mass is 9.77. The first-order valence-corrected chi connectivity index (χ1v) is 26.7. The number of amides is 5. The molecule has 5 heterocycles. The van der Waals surface area contributed by atoms with Crippen LogP contribution in [0, 0.1) is 29.3 Å². The Morgan fingerprint density at radius 1 is 0.920 bits per heavy atom. The van der Waals surface area contributed by atoms with E-state index in [9.17, 15) is 24.3 Å². The maximum Gasteiger partial charge on any atom is 0.329 e. The number of aliphatic hydroxyl groups is 1. The second-order valence-corrected chi connectivity index (χ2v) is 21.5. The number of anilines is 1. The van der Waals surface area contributed by atoms with Gasteiger partial charge >= 0.3 is 6.03 Å². The molecule has 1 saturated carbocycles. The summed E-state index contributed by atoms with van der Waals surface area (Å²) in [5.41, 5.74) is 6.25. The van der Waals surface area contributed by atoms with Crippen molar-refractivity contribution >= 4 is 63.7 Å². The van der Waals surface area contributed by atoms with E-state index in [1.807, 2.05) is 42.2 Å². The van der Waals surface area contributed by atoms with Crippen molar-refractivity contribution in [1.29, 1.82) is 0 Å². The minimum absolute atomic E-state index is 0.0199. The first-order valence-electron chi connectivity index (χ1n) is 25.9. The summed E-state index contributed by atoms with van der Waals surface area (Å²) < 4.78 is 62.4. The largest absolute Gasteiger partial charge is 0.488 e. The summed E-state index contributed by atoms with van der Waals surface area (Å²) in [6.45, 7) is 5.48. The number of aromatic nitrogens is 2. The molecule has 5 N–H and O–H groups in total. The van der Waals surface area contributed by atoms with Gasteiger partial charge in [0.1, 0.15) is 23.7 Å². The summed E-state index contributed by atoms with van der Waals surface area (Å²) in [6, 6.07) is 14.7. The number of rotatable bonds is 14. The fourth-order valence-corrected chi connectivity index (χ4v) is 12.8. The Hall–Kier alpha value is -5.92. The van der Waals surface area contributed by atoms with E-state index < -0.39 is 46.8 Å². The molecule has 4 aliphatic heterocycles. The summed E-state index contributed by atoms with van der Waals surface area (Å²) in [5, 5.41) is 20.1. The zero-order valence-corrected chi connectivity index (χ0v) is 43.4. The number of nitrogens with two attached hydrogens (primary N) is 1. The van der Waals surface area contributed by atoms with Crippen LogP contribution in [0.2, 0.25) is 10.0 Å². The number of nitrogens with zero attached hydrogens (tertiary/aromatic N) is 5. The van der Waals surface area contributed by atoms with Gasteiger partial charge in [0.25, 0.3) is 0 Å². The Morgan fingerprint density at radius 2 is 1.64 bits per heavy atom. The number of benzene rings is 4. The number of piperidine rings is 2. The second-order valence-electron chi connectivity index (χ2n) is 20.7. The predicted octanol–water partition coefficient (Wildman–Crippen LogP) is 8.54. The van der Waals surface area contributed by atoms with Crippen molar-refractivity contribution in [3.63, 3.8) is 0 Å². The summed E-state index contributed by atoms with van der Waals surface area (Å²) in [4.78, 5) is 56.8. The molecule has 5 aromatic rings. The minimum atomic E-state index is -1.02. The van der Waals surface area contributed by atoms with E-state index in [1.165, 1.54) is 27.8 Å². The van der Waals surface area contributed by atoms with Crippen molar-refractivity contribution in [2.45, 2.75) is 88.2 Å². The van der Waals surface area contributed by atoms with E-state index in [0.29, 0.717) is 62.8 Å². The Balaban J connectivity index is 0.739. The van der Waals surface area contributed by atoms with Gasteiger partial charge in [0.2, 0.25) is 17.7 Å². The maximum atomic E-state index is 16.6. The van der Waals surface area contributed by atoms with E-state index in [4.69, 9.17) is 38.4 Å². The van der Waals surface area contributed by atoms with E-state index >= 15 is 13.2 Å². The Labute approximate surface area is 442 Å². The molecule has 2 atom stereocenters. The molecule has 4 aromatic carbocycles. The smallest absolute Gasteiger partial charge is 0.329 e. The number of nitrogens with one attached hydrogen (secondary N) is 2. The zero-order chi connectivity index (χ0) is 52.9. The van der Waals surface area contributed by atoms with Crippen LogP contribution < -0.4 is 30.7 Å². The average molecular weight is 1070 g/mol. The third kappa shape index (κ3) is 9.92. The SMILES string of the molecule is C[C@H]1c2c(cc(Cl)c(Cl)c2-c2c(C(N)=O)ccc(OCCO)c2F)O[C@]1(CNC1CCC(C(=O)N2CCC(CN3CCC(c4c(F)cc5c(N6CCC(=O)NC6=O)nn(C)c5c4F)CC3)CC2)CC1)c1ccccc1. The number of hydrogen-bond donors (Lipinski definition) is 4. The molecule has 0 spiro atoms. The molecular weight excluding hydrogens is 1010 g/mol. The summed E-state index contributed by atoms with van der Waals surface area (Å²) in [6.07, 6.45) is 6.02. The van der Waals surface area contributed by atoms with Crippen LogP contribution in [-0.2, 0) is 22.2 Å². The van der Waals surface area contributed by atoms with Crippen molar-refractivity contribution in [2.75, 3.05) is 63.9 Å². The number of imide groups is 1. The third-order valence-corrected chi connectivity index (χ3v) is 17.2. The standard InChI is InChI=1S/C55H61Cl2F3N8O7/c1-30-43-41(27-38(56)47(57)46(43)45-36(51(61)71)12-13-40(48(45)59)74-25-24-69)75-55(30,34-6-4-3-5-7-34)29-62-35-10-8-33(9-11-35)53(72)67-21-14-31(15-22-67)28-66-19-16-32(17-20-66)44-39(58)26-37-50(49(44)60)65(2)64-52(37)68-23-18-42(70)63-54(68)73/h3-7,12-13,26-27,30-33,35,62,69H,8-11,14-25,28-29H2,1-2H3,(H2,61,71)(H,63,70,73)/t30-,33?,35?,55-/m0/s1. The second kappa shape index (κ2) is 21.6. The van der Waals surface area contributed by atoms with Crippen molar-refractivity contribution in [3.05, 3.63) is 104 Å². The number of likely N-dealkylation sites (tertiary alicyclic amines) is 2. The number of carbonyl (C=O) groups excluding carboxylic acids is 4. The average Bonchev–Trinajstić information content (AvgIpc) is 3.88. The molecule has 5 amide bonds. The molecular formula is C55H61Cl2F3N8O7. The van der Waals surface area contributed by atoms with Gasteiger partial charge in [0.05, 0.1) is 27.6 Å². The van der Waals surface area contributed by atoms with Crippen molar-refractivity contribution in [2.24, 2.45) is 24.6 Å². The minimum Gasteiger partial charge on any atom is -0.488 e. The Bertz CT molecular complexity index is 3030. The van der Waals surface area contributed by atoms with Gasteiger partial charge in [0, 0.05) is 92.4 Å². The molecule has 3 saturated heterocycles. The molecule has 1 aromatic heterocycles. The third-order valence-electron chi connectivity index (χ3n) is 16.4. The van der Waals surface area contributed by atoms with Gasteiger partial charge in [-0.3, -0.25) is 29.3 Å². The highest BCUT2D eigenvalue weighted by Crippen LogP contribution is 2.57. The Kier molecular flexibility index (Phi) is 15.1. The lowest BCUT2D eigenvalue weighted by Gasteiger charge is -2.40. The highest BCUT2D eigenvalue weighted by molar-refractivity contribution is 6.44. The van der Waals surface area contributed by atoms with Gasteiger partial charge in [-0.25, -0.2) is 18.0 Å². The molecule has 15 nitrogen and oxygen atoms in total. The van der Waals surface area contributed by atoms with Gasteiger partial charge in [0.15, 0.2) is 28.8 Å². The molecule has 0 bridgehead atoms. The van der Waals surface area contributed by atoms with Crippen LogP contribution in [-0.4, -0.2) is 114 Å². The van der Waals surface area contributed by atoms with Crippen LogP contribution in [0.15, 0.2) is 54.6 Å². The normalized spacial score (nSPS) is 22.9. The van der Waals surface area contributed by atoms with Crippen LogP contribution in [0.4, 0.5) is 23.8 Å². The highest BCUT2D eigenvalue weighted by atomic mass is 35.5. The lowest BCUT2D eigenvalue weighted by Crippen LogP contribution is -2.49. The first-order chi connectivity index (χ1) is 36.1. The molecule has 1 aliphatic carbocycles. The van der Waals surface area contributed by atoms with E-state index in [0.717, 1.165) is 50.6 Å². The van der Waals surface area contributed by atoms with Crippen LogP contribution in [0.1, 0.15) is 104 Å². The number of halogens is 5. The number of aliphatic hydroxyl groups excluding tert-OH is 1. The number of urea groups is 1. The van der Waals surface area contributed by atoms with Crippen LogP contribution in [0.25, 0.3) is 22.0 Å². The lowest BCUT2D eigenvalue weighted by molar-refractivity contribution is -0.138. The maximum absolute atomic E-state index is 16.6. The molecule has 10 rings (SSSR count). The molecule has 0 unspecified atom stereocenters. The number of primary amides is 1. The van der Waals surface area contributed by atoms with Crippen LogP contribution >= 0.6 is 23.2 Å². The van der Waals surface area contributed by atoms with Crippen molar-refractivity contribution in [1.82, 2.24) is 30.2 Å². The number of aryl methyl sites for hydroxylation is 1. The molecule has 5 aliphatic rings. The fourth-order valence-electron chi connectivity index (χ4n) is 12.4. The first kappa shape index (κ1) is 52.5. The molecule has 20 heteroatoms. The monoisotopic (exact) mass is 1070 g/mol. The predicted molar refractivity (Wildman–Crippen MR) is 278 cm³/mol. The number of ether oxygens (including phenoxy) is 2. The van der Waals surface area contributed by atoms with Gasteiger partial charge in [-0.1, -0.05) is 60.5 Å². The van der Waals surface area contributed by atoms with Crippen LogP contribution in [0.3, 0.4) is 0 Å². The number of fused-ring (bicyclic) bond motifs is 2. The number of hydrogen-bond acceptors (Lipinski definition) is 10. The van der Waals surface area contributed by atoms with Crippen LogP contribution in [0.5, 0.6) is 11.5 Å². The van der Waals surface area contributed by atoms with E-state index in [1.54, 1.807) is 13.1 Å². The molecule has 4 fully saturated rings. The van der Waals surface area contributed by atoms with Gasteiger partial charge in [-0.2, -0.15) is 5.10 Å². The summed E-state index contributed by atoms with van der Waals surface area (Å²) in [7, 11) is 1.56. The molecule has 398 valence electrons.